The first-order valence-electron chi connectivity index (χ1n) is 15.5. The average Bonchev–Trinajstić information content (AvgIpc) is 3.39. The maximum atomic E-state index is 6.66. The molecule has 2 atom stereocenters. The summed E-state index contributed by atoms with van der Waals surface area (Å²) in [6.45, 7) is 2.30. The molecule has 1 spiro atoms. The second-order valence-corrected chi connectivity index (χ2v) is 12.1. The molecule has 0 radical (unpaired) electrons. The monoisotopic (exact) mass is 579 g/mol. The van der Waals surface area contributed by atoms with Crippen molar-refractivity contribution in [3.63, 3.8) is 0 Å². The second-order valence-electron chi connectivity index (χ2n) is 12.1. The van der Waals surface area contributed by atoms with Gasteiger partial charge in [-0.2, -0.15) is 0 Å². The Morgan fingerprint density at radius 1 is 0.578 bits per heavy atom. The minimum atomic E-state index is -0.514. The predicted octanol–water partition coefficient (Wildman–Crippen LogP) is 9.68. The van der Waals surface area contributed by atoms with Crippen molar-refractivity contribution in [2.75, 3.05) is 0 Å². The van der Waals surface area contributed by atoms with Gasteiger partial charge in [-0.05, 0) is 58.9 Å². The van der Waals surface area contributed by atoms with E-state index in [9.17, 15) is 0 Å². The molecule has 6 aromatic rings. The molecule has 0 bridgehead atoms. The maximum absolute atomic E-state index is 6.66. The lowest BCUT2D eigenvalue weighted by molar-refractivity contribution is 0.435. The highest BCUT2D eigenvalue weighted by atomic mass is 16.5. The van der Waals surface area contributed by atoms with Crippen LogP contribution in [0.5, 0.6) is 11.5 Å². The molecule has 2 aliphatic carbocycles. The highest BCUT2D eigenvalue weighted by molar-refractivity contribution is 5.90. The average molecular weight is 580 g/mol. The predicted molar refractivity (Wildman–Crippen MR) is 179 cm³/mol. The zero-order valence-corrected chi connectivity index (χ0v) is 24.8. The van der Waals surface area contributed by atoms with Crippen molar-refractivity contribution in [3.8, 4) is 45.7 Å². The van der Waals surface area contributed by atoms with Gasteiger partial charge in [0.15, 0.2) is 17.5 Å². The van der Waals surface area contributed by atoms with Gasteiger partial charge in [-0.3, -0.25) is 0 Å². The van der Waals surface area contributed by atoms with Gasteiger partial charge in [-0.15, -0.1) is 0 Å². The summed E-state index contributed by atoms with van der Waals surface area (Å²) in [5, 5.41) is 0. The van der Waals surface area contributed by atoms with E-state index in [1.54, 1.807) is 0 Å². The van der Waals surface area contributed by atoms with Crippen LogP contribution >= 0.6 is 0 Å². The summed E-state index contributed by atoms with van der Waals surface area (Å²) in [5.41, 5.74) is 9.97. The molecule has 0 saturated carbocycles. The van der Waals surface area contributed by atoms with Crippen LogP contribution in [0.25, 0.3) is 39.7 Å². The van der Waals surface area contributed by atoms with E-state index in [1.165, 1.54) is 22.3 Å². The molecule has 4 nitrogen and oxygen atoms in total. The molecule has 1 aliphatic heterocycles. The van der Waals surface area contributed by atoms with Gasteiger partial charge >= 0.3 is 0 Å². The molecular weight excluding hydrogens is 550 g/mol. The fourth-order valence-corrected chi connectivity index (χ4v) is 7.38. The van der Waals surface area contributed by atoms with E-state index in [1.807, 2.05) is 60.7 Å². The Hall–Kier alpha value is -5.61. The van der Waals surface area contributed by atoms with Crippen LogP contribution in [0.2, 0.25) is 0 Å². The number of benzene rings is 5. The van der Waals surface area contributed by atoms with E-state index in [2.05, 4.69) is 85.8 Å². The molecule has 214 valence electrons. The number of fused-ring (bicyclic) bond motifs is 8. The smallest absolute Gasteiger partial charge is 0.164 e. The number of rotatable bonds is 3. The molecule has 0 N–H and O–H groups in total. The molecular formula is C41H29N3O. The van der Waals surface area contributed by atoms with E-state index in [0.717, 1.165) is 45.7 Å². The van der Waals surface area contributed by atoms with Crippen LogP contribution in [0.1, 0.15) is 35.6 Å². The number of hydrogen-bond donors (Lipinski definition) is 0. The standard InChI is InChI=1S/C41H29N3O/c1-26-20-22-33-31(24-26)30-16-8-9-17-32(30)41(33)34-18-10-11-19-36(34)45-37-23-21-29(25-35(37)41)40-43-38(27-12-4-2-5-13-27)42-39(44-40)28-14-6-3-7-15-28/h2-23,25-26H,24H2,1H3. The molecule has 5 aromatic carbocycles. The van der Waals surface area contributed by atoms with Gasteiger partial charge in [0.1, 0.15) is 11.5 Å². The summed E-state index contributed by atoms with van der Waals surface area (Å²) < 4.78 is 6.66. The van der Waals surface area contributed by atoms with Crippen LogP contribution in [0.4, 0.5) is 0 Å². The molecule has 0 amide bonds. The highest BCUT2D eigenvalue weighted by Gasteiger charge is 2.52. The molecule has 45 heavy (non-hydrogen) atoms. The Morgan fingerprint density at radius 3 is 1.87 bits per heavy atom. The first kappa shape index (κ1) is 25.8. The van der Waals surface area contributed by atoms with Crippen molar-refractivity contribution >= 4 is 5.57 Å². The first-order chi connectivity index (χ1) is 22.2. The summed E-state index contributed by atoms with van der Waals surface area (Å²) in [6.07, 6.45) is 5.74. The van der Waals surface area contributed by atoms with Gasteiger partial charge in [-0.1, -0.05) is 122 Å². The zero-order valence-electron chi connectivity index (χ0n) is 24.8. The van der Waals surface area contributed by atoms with Crippen molar-refractivity contribution < 1.29 is 4.74 Å². The summed E-state index contributed by atoms with van der Waals surface area (Å²) in [4.78, 5) is 15.0. The van der Waals surface area contributed by atoms with Crippen LogP contribution in [0.15, 0.2) is 145 Å². The van der Waals surface area contributed by atoms with Gasteiger partial charge < -0.3 is 4.74 Å². The third-order valence-electron chi connectivity index (χ3n) is 9.35. The Kier molecular flexibility index (Phi) is 5.72. The van der Waals surface area contributed by atoms with Gasteiger partial charge in [0.25, 0.3) is 0 Å². The number of allylic oxidation sites excluding steroid dienone is 4. The fourth-order valence-electron chi connectivity index (χ4n) is 7.38. The van der Waals surface area contributed by atoms with Gasteiger partial charge in [0, 0.05) is 27.8 Å². The lowest BCUT2D eigenvalue weighted by Crippen LogP contribution is -2.33. The van der Waals surface area contributed by atoms with Crippen molar-refractivity contribution in [2.45, 2.75) is 18.8 Å². The minimum absolute atomic E-state index is 0.478. The normalized spacial score (nSPS) is 19.0. The van der Waals surface area contributed by atoms with Gasteiger partial charge in [-0.25, -0.2) is 15.0 Å². The minimum Gasteiger partial charge on any atom is -0.457 e. The van der Waals surface area contributed by atoms with Crippen molar-refractivity contribution in [1.29, 1.82) is 0 Å². The first-order valence-corrected chi connectivity index (χ1v) is 15.5. The molecule has 3 aliphatic rings. The highest BCUT2D eigenvalue weighted by Crippen LogP contribution is 2.63. The number of aromatic nitrogens is 3. The van der Waals surface area contributed by atoms with Crippen LogP contribution in [0.3, 0.4) is 0 Å². The van der Waals surface area contributed by atoms with E-state index >= 15 is 0 Å². The second kappa shape index (κ2) is 9.96. The molecule has 9 rings (SSSR count). The van der Waals surface area contributed by atoms with E-state index < -0.39 is 5.41 Å². The zero-order chi connectivity index (χ0) is 30.0. The van der Waals surface area contributed by atoms with Crippen LogP contribution < -0.4 is 4.74 Å². The Bertz CT molecular complexity index is 2130. The van der Waals surface area contributed by atoms with Crippen LogP contribution in [-0.2, 0) is 5.41 Å². The summed E-state index contributed by atoms with van der Waals surface area (Å²) >= 11 is 0. The van der Waals surface area contributed by atoms with Gasteiger partial charge in [0.2, 0.25) is 0 Å². The quantitative estimate of drug-likeness (QED) is 0.209. The maximum Gasteiger partial charge on any atom is 0.164 e. The summed E-state index contributed by atoms with van der Waals surface area (Å²) in [7, 11) is 0. The third kappa shape index (κ3) is 3.89. The van der Waals surface area contributed by atoms with Crippen molar-refractivity contribution in [2.24, 2.45) is 5.92 Å². The van der Waals surface area contributed by atoms with Crippen LogP contribution in [0, 0.1) is 5.92 Å². The summed E-state index contributed by atoms with van der Waals surface area (Å²) in [5.74, 6) is 4.15. The topological polar surface area (TPSA) is 47.9 Å². The molecule has 2 unspecified atom stereocenters. The molecule has 0 saturated heterocycles. The lowest BCUT2D eigenvalue weighted by Gasteiger charge is -2.40. The van der Waals surface area contributed by atoms with Crippen LogP contribution in [-0.4, -0.2) is 15.0 Å². The van der Waals surface area contributed by atoms with E-state index in [4.69, 9.17) is 19.7 Å². The molecule has 4 heteroatoms. The fraction of sp³-hybridized carbons (Fsp3) is 0.0976. The molecule has 0 fully saturated rings. The van der Waals surface area contributed by atoms with Gasteiger partial charge in [0.05, 0.1) is 5.41 Å². The number of para-hydroxylation sites is 1. The molecule has 1 aromatic heterocycles. The number of hydrogen-bond acceptors (Lipinski definition) is 4. The van der Waals surface area contributed by atoms with E-state index in [-0.39, 0.29) is 0 Å². The Balaban J connectivity index is 1.31. The largest absolute Gasteiger partial charge is 0.457 e. The van der Waals surface area contributed by atoms with Crippen molar-refractivity contribution in [3.05, 3.63) is 167 Å². The lowest BCUT2D eigenvalue weighted by atomic mass is 9.64. The number of nitrogens with zero attached hydrogens (tertiary/aromatic N) is 3. The Labute approximate surface area is 262 Å². The Morgan fingerprint density at radius 2 is 1.16 bits per heavy atom. The number of ether oxygens (including phenoxy) is 1. The van der Waals surface area contributed by atoms with E-state index in [0.29, 0.717) is 23.4 Å². The molecule has 2 heterocycles. The summed E-state index contributed by atoms with van der Waals surface area (Å²) in [6, 6.07) is 44.1. The SMILES string of the molecule is CC1C=CC2=C(C1)c1ccccc1C21c2ccccc2Oc2ccc(-c3nc(-c4ccccc4)nc(-c4ccccc4)n3)cc21. The van der Waals surface area contributed by atoms with Crippen molar-refractivity contribution in [1.82, 2.24) is 15.0 Å². The third-order valence-corrected chi connectivity index (χ3v) is 9.35.